The molecular weight excluding hydrogens is 248 g/mol. The van der Waals surface area contributed by atoms with E-state index in [-0.39, 0.29) is 19.1 Å². The van der Waals surface area contributed by atoms with E-state index < -0.39 is 6.10 Å². The normalized spacial score (nSPS) is 15.7. The van der Waals surface area contributed by atoms with Crippen molar-refractivity contribution < 1.29 is 19.7 Å². The zero-order chi connectivity index (χ0) is 13.8. The Balaban J connectivity index is 2.08. The molecular formula is C13H18N2O4. The number of fused-ring (bicyclic) bond motifs is 1. The van der Waals surface area contributed by atoms with E-state index in [1.807, 2.05) is 11.9 Å². The summed E-state index contributed by atoms with van der Waals surface area (Å²) >= 11 is 0. The Morgan fingerprint density at radius 1 is 1.53 bits per heavy atom. The smallest absolute Gasteiger partial charge is 0.262 e. The van der Waals surface area contributed by atoms with Crippen LogP contribution in [0, 0.1) is 0 Å². The Labute approximate surface area is 111 Å². The average Bonchev–Trinajstić information content (AvgIpc) is 2.38. The predicted octanol–water partition coefficient (Wildman–Crippen LogP) is -0.0250. The molecule has 19 heavy (non-hydrogen) atoms. The number of aliphatic hydroxyl groups excluding tert-OH is 2. The lowest BCUT2D eigenvalue weighted by Gasteiger charge is -2.22. The van der Waals surface area contributed by atoms with Crippen LogP contribution < -0.4 is 10.1 Å². The number of hydrogen-bond donors (Lipinski definition) is 3. The Bertz CT molecular complexity index is 464. The second kappa shape index (κ2) is 6.01. The second-order valence-electron chi connectivity index (χ2n) is 4.59. The number of carbonyl (C=O) groups excluding carboxylic acids is 1. The van der Waals surface area contributed by atoms with Gasteiger partial charge in [-0.1, -0.05) is 6.07 Å². The first kappa shape index (κ1) is 13.8. The zero-order valence-corrected chi connectivity index (χ0v) is 10.8. The zero-order valence-electron chi connectivity index (χ0n) is 10.8. The number of ether oxygens (including phenoxy) is 1. The summed E-state index contributed by atoms with van der Waals surface area (Å²) < 4.78 is 5.25. The van der Waals surface area contributed by atoms with Gasteiger partial charge in [-0.25, -0.2) is 0 Å². The van der Waals surface area contributed by atoms with Gasteiger partial charge in [-0.3, -0.25) is 4.79 Å². The van der Waals surface area contributed by atoms with Crippen LogP contribution in [0.2, 0.25) is 0 Å². The Morgan fingerprint density at radius 3 is 3.05 bits per heavy atom. The van der Waals surface area contributed by atoms with Crippen LogP contribution in [0.15, 0.2) is 18.2 Å². The van der Waals surface area contributed by atoms with Crippen molar-refractivity contribution in [3.05, 3.63) is 23.8 Å². The fourth-order valence-corrected chi connectivity index (χ4v) is 1.97. The predicted molar refractivity (Wildman–Crippen MR) is 70.1 cm³/mol. The van der Waals surface area contributed by atoms with Gasteiger partial charge in [0.1, 0.15) is 5.75 Å². The molecule has 0 radical (unpaired) electrons. The molecule has 104 valence electrons. The molecule has 0 fully saturated rings. The molecule has 1 aromatic carbocycles. The standard InChI is InChI=1S/C13H18N2O4/c1-15(4-5-16)7-11(17)9-2-3-12-10(6-9)14-13(18)8-19-12/h2-3,6,11,16-17H,4-5,7-8H2,1H3,(H,14,18)/t11-/m1/s1. The van der Waals surface area contributed by atoms with Crippen LogP contribution in [0.4, 0.5) is 5.69 Å². The minimum Gasteiger partial charge on any atom is -0.482 e. The minimum absolute atomic E-state index is 0.0220. The summed E-state index contributed by atoms with van der Waals surface area (Å²) in [5.41, 5.74) is 1.28. The Hall–Kier alpha value is -1.63. The fraction of sp³-hybridized carbons (Fsp3) is 0.462. The number of carbonyl (C=O) groups is 1. The first-order valence-corrected chi connectivity index (χ1v) is 6.14. The molecule has 0 bridgehead atoms. The molecule has 0 spiro atoms. The molecule has 6 nitrogen and oxygen atoms in total. The lowest BCUT2D eigenvalue weighted by Crippen LogP contribution is -2.28. The third-order valence-electron chi connectivity index (χ3n) is 2.99. The summed E-state index contributed by atoms with van der Waals surface area (Å²) in [5, 5.41) is 21.6. The lowest BCUT2D eigenvalue weighted by atomic mass is 10.1. The Kier molecular flexibility index (Phi) is 4.36. The number of anilines is 1. The van der Waals surface area contributed by atoms with Crippen molar-refractivity contribution >= 4 is 11.6 Å². The van der Waals surface area contributed by atoms with Crippen molar-refractivity contribution in [2.75, 3.05) is 38.7 Å². The highest BCUT2D eigenvalue weighted by Gasteiger charge is 2.18. The molecule has 1 aliphatic rings. The van der Waals surface area contributed by atoms with Crippen LogP contribution in [0.5, 0.6) is 5.75 Å². The van der Waals surface area contributed by atoms with Gasteiger partial charge in [0.15, 0.2) is 6.61 Å². The first-order chi connectivity index (χ1) is 9.10. The number of rotatable bonds is 5. The van der Waals surface area contributed by atoms with Gasteiger partial charge in [0.05, 0.1) is 18.4 Å². The highest BCUT2D eigenvalue weighted by molar-refractivity contribution is 5.95. The summed E-state index contributed by atoms with van der Waals surface area (Å²) in [7, 11) is 1.82. The minimum atomic E-state index is -0.680. The molecule has 1 aromatic rings. The molecule has 0 aliphatic carbocycles. The van der Waals surface area contributed by atoms with Gasteiger partial charge in [0.25, 0.3) is 5.91 Å². The van der Waals surface area contributed by atoms with E-state index >= 15 is 0 Å². The topological polar surface area (TPSA) is 82.0 Å². The van der Waals surface area contributed by atoms with Gasteiger partial charge >= 0.3 is 0 Å². The number of amides is 1. The molecule has 0 saturated carbocycles. The molecule has 0 aromatic heterocycles. The van der Waals surface area contributed by atoms with Crippen molar-refractivity contribution in [1.82, 2.24) is 4.90 Å². The molecule has 1 heterocycles. The summed E-state index contributed by atoms with van der Waals surface area (Å²) in [6, 6.07) is 5.22. The van der Waals surface area contributed by atoms with E-state index in [1.165, 1.54) is 0 Å². The number of benzene rings is 1. The maximum absolute atomic E-state index is 11.2. The van der Waals surface area contributed by atoms with Crippen molar-refractivity contribution in [2.45, 2.75) is 6.10 Å². The van der Waals surface area contributed by atoms with Crippen LogP contribution in [-0.4, -0.2) is 54.4 Å². The maximum atomic E-state index is 11.2. The Morgan fingerprint density at radius 2 is 2.32 bits per heavy atom. The molecule has 0 unspecified atom stereocenters. The number of likely N-dealkylation sites (N-methyl/N-ethyl adjacent to an activating group) is 1. The lowest BCUT2D eigenvalue weighted by molar-refractivity contribution is -0.118. The van der Waals surface area contributed by atoms with Crippen molar-refractivity contribution in [1.29, 1.82) is 0 Å². The third kappa shape index (κ3) is 3.44. The molecule has 1 amide bonds. The van der Waals surface area contributed by atoms with E-state index in [4.69, 9.17) is 9.84 Å². The number of hydrogen-bond acceptors (Lipinski definition) is 5. The van der Waals surface area contributed by atoms with Gasteiger partial charge in [0, 0.05) is 13.1 Å². The summed E-state index contributed by atoms with van der Waals surface area (Å²) in [6.45, 7) is 0.988. The van der Waals surface area contributed by atoms with Crippen molar-refractivity contribution in [3.8, 4) is 5.75 Å². The highest BCUT2D eigenvalue weighted by atomic mass is 16.5. The summed E-state index contributed by atoms with van der Waals surface area (Å²) in [6.07, 6.45) is -0.680. The molecule has 1 atom stereocenters. The average molecular weight is 266 g/mol. The second-order valence-corrected chi connectivity index (χ2v) is 4.59. The van der Waals surface area contributed by atoms with Crippen molar-refractivity contribution in [2.24, 2.45) is 0 Å². The summed E-state index contributed by atoms with van der Waals surface area (Å²) in [4.78, 5) is 13.1. The molecule has 1 aliphatic heterocycles. The maximum Gasteiger partial charge on any atom is 0.262 e. The first-order valence-electron chi connectivity index (χ1n) is 6.14. The third-order valence-corrected chi connectivity index (χ3v) is 2.99. The largest absolute Gasteiger partial charge is 0.482 e. The van der Waals surface area contributed by atoms with E-state index in [0.29, 0.717) is 30.1 Å². The van der Waals surface area contributed by atoms with E-state index in [9.17, 15) is 9.90 Å². The molecule has 0 saturated heterocycles. The highest BCUT2D eigenvalue weighted by Crippen LogP contribution is 2.30. The van der Waals surface area contributed by atoms with Gasteiger partial charge in [0.2, 0.25) is 0 Å². The van der Waals surface area contributed by atoms with Gasteiger partial charge in [-0.15, -0.1) is 0 Å². The monoisotopic (exact) mass is 266 g/mol. The summed E-state index contributed by atoms with van der Waals surface area (Å²) in [5.74, 6) is 0.413. The van der Waals surface area contributed by atoms with Crippen LogP contribution in [0.1, 0.15) is 11.7 Å². The SMILES string of the molecule is CN(CCO)C[C@@H](O)c1ccc2c(c1)NC(=O)CO2. The van der Waals surface area contributed by atoms with Gasteiger partial charge in [-0.05, 0) is 24.7 Å². The van der Waals surface area contributed by atoms with Gasteiger partial charge in [-0.2, -0.15) is 0 Å². The van der Waals surface area contributed by atoms with Crippen LogP contribution in [0.25, 0.3) is 0 Å². The van der Waals surface area contributed by atoms with E-state index in [1.54, 1.807) is 18.2 Å². The van der Waals surface area contributed by atoms with E-state index in [0.717, 1.165) is 0 Å². The number of aliphatic hydroxyl groups is 2. The van der Waals surface area contributed by atoms with E-state index in [2.05, 4.69) is 5.32 Å². The van der Waals surface area contributed by atoms with Crippen LogP contribution in [0.3, 0.4) is 0 Å². The number of nitrogens with zero attached hydrogens (tertiary/aromatic N) is 1. The molecule has 2 rings (SSSR count). The van der Waals surface area contributed by atoms with Gasteiger partial charge < -0.3 is 25.2 Å². The fourth-order valence-electron chi connectivity index (χ4n) is 1.97. The number of nitrogens with one attached hydrogen (secondary N) is 1. The van der Waals surface area contributed by atoms with Crippen LogP contribution in [-0.2, 0) is 4.79 Å². The van der Waals surface area contributed by atoms with Crippen molar-refractivity contribution in [3.63, 3.8) is 0 Å². The van der Waals surface area contributed by atoms with Crippen LogP contribution >= 0.6 is 0 Å². The quantitative estimate of drug-likeness (QED) is 0.697. The molecule has 6 heteroatoms. The molecule has 3 N–H and O–H groups in total.